The van der Waals surface area contributed by atoms with E-state index < -0.39 is 0 Å². The van der Waals surface area contributed by atoms with Crippen molar-refractivity contribution >= 4 is 5.91 Å². The molecule has 0 saturated carbocycles. The topological polar surface area (TPSA) is 51.0 Å². The molecule has 0 unspecified atom stereocenters. The third kappa shape index (κ3) is 3.63. The highest BCUT2D eigenvalue weighted by Crippen LogP contribution is 2.09. The lowest BCUT2D eigenvalue weighted by atomic mass is 10.2. The molecule has 5 heteroatoms. The summed E-state index contributed by atoms with van der Waals surface area (Å²) < 4.78 is 1.71. The Labute approximate surface area is 135 Å². The molecule has 2 aromatic heterocycles. The average molecular weight is 306 g/mol. The molecule has 5 nitrogen and oxygen atoms in total. The van der Waals surface area contributed by atoms with Crippen molar-refractivity contribution in [3.63, 3.8) is 0 Å². The van der Waals surface area contributed by atoms with Crippen molar-refractivity contribution in [2.24, 2.45) is 0 Å². The van der Waals surface area contributed by atoms with Crippen LogP contribution >= 0.6 is 0 Å². The molecule has 0 N–H and O–H groups in total. The standard InChI is InChI=1S/C18H18N4O/c1-21(12-10-16-7-5-6-11-19-16)18(23)15-13-20-22(14-15)17-8-3-2-4-9-17/h2-9,11,13-14H,10,12H2,1H3. The molecule has 3 aromatic rings. The number of aromatic nitrogens is 3. The number of pyridine rings is 1. The Hall–Kier alpha value is -2.95. The molecule has 0 fully saturated rings. The smallest absolute Gasteiger partial charge is 0.256 e. The van der Waals surface area contributed by atoms with Gasteiger partial charge in [-0.2, -0.15) is 5.10 Å². The number of nitrogens with zero attached hydrogens (tertiary/aromatic N) is 4. The maximum absolute atomic E-state index is 12.5. The van der Waals surface area contributed by atoms with Gasteiger partial charge in [-0.15, -0.1) is 0 Å². The van der Waals surface area contributed by atoms with E-state index in [1.807, 2.05) is 48.5 Å². The minimum absolute atomic E-state index is 0.0388. The number of hydrogen-bond acceptors (Lipinski definition) is 3. The molecular formula is C18H18N4O. The first-order valence-electron chi connectivity index (χ1n) is 7.49. The zero-order valence-corrected chi connectivity index (χ0v) is 13.0. The van der Waals surface area contributed by atoms with Crippen molar-refractivity contribution in [2.45, 2.75) is 6.42 Å². The van der Waals surface area contributed by atoms with Crippen LogP contribution in [0.4, 0.5) is 0 Å². The summed E-state index contributed by atoms with van der Waals surface area (Å²) in [4.78, 5) is 18.4. The summed E-state index contributed by atoms with van der Waals surface area (Å²) in [5.41, 5.74) is 2.49. The minimum atomic E-state index is -0.0388. The van der Waals surface area contributed by atoms with Crippen LogP contribution in [0, 0.1) is 0 Å². The lowest BCUT2D eigenvalue weighted by molar-refractivity contribution is 0.0796. The fourth-order valence-electron chi connectivity index (χ4n) is 2.31. The molecular weight excluding hydrogens is 288 g/mol. The number of rotatable bonds is 5. The summed E-state index contributed by atoms with van der Waals surface area (Å²) >= 11 is 0. The van der Waals surface area contributed by atoms with Gasteiger partial charge in [-0.1, -0.05) is 24.3 Å². The van der Waals surface area contributed by atoms with Gasteiger partial charge in [0.05, 0.1) is 17.4 Å². The van der Waals surface area contributed by atoms with E-state index in [4.69, 9.17) is 0 Å². The molecule has 23 heavy (non-hydrogen) atoms. The molecule has 2 heterocycles. The predicted molar refractivity (Wildman–Crippen MR) is 88.5 cm³/mol. The summed E-state index contributed by atoms with van der Waals surface area (Å²) in [5, 5.41) is 4.27. The van der Waals surface area contributed by atoms with Crippen LogP contribution in [0.3, 0.4) is 0 Å². The largest absolute Gasteiger partial charge is 0.341 e. The van der Waals surface area contributed by atoms with Crippen LogP contribution < -0.4 is 0 Å². The summed E-state index contributed by atoms with van der Waals surface area (Å²) in [7, 11) is 1.80. The van der Waals surface area contributed by atoms with Gasteiger partial charge < -0.3 is 4.90 Å². The zero-order valence-electron chi connectivity index (χ0n) is 13.0. The molecule has 0 atom stereocenters. The van der Waals surface area contributed by atoms with Gasteiger partial charge in [-0.3, -0.25) is 9.78 Å². The van der Waals surface area contributed by atoms with Crippen LogP contribution in [0.2, 0.25) is 0 Å². The normalized spacial score (nSPS) is 10.5. The first-order chi connectivity index (χ1) is 11.2. The Kier molecular flexibility index (Phi) is 4.47. The molecule has 0 aliphatic heterocycles. The summed E-state index contributed by atoms with van der Waals surface area (Å²) in [5.74, 6) is -0.0388. The Morgan fingerprint density at radius 3 is 2.65 bits per heavy atom. The highest BCUT2D eigenvalue weighted by molar-refractivity contribution is 5.93. The van der Waals surface area contributed by atoms with Crippen LogP contribution in [0.1, 0.15) is 16.1 Å². The van der Waals surface area contributed by atoms with E-state index in [1.54, 1.807) is 35.2 Å². The fraction of sp³-hybridized carbons (Fsp3) is 0.167. The molecule has 0 aliphatic rings. The Bertz CT molecular complexity index is 768. The maximum atomic E-state index is 12.5. The third-order valence-corrected chi connectivity index (χ3v) is 3.63. The number of para-hydroxylation sites is 1. The van der Waals surface area contributed by atoms with Crippen molar-refractivity contribution < 1.29 is 4.79 Å². The predicted octanol–water partition coefficient (Wildman–Crippen LogP) is 2.58. The summed E-state index contributed by atoms with van der Waals surface area (Å²) in [6, 6.07) is 15.5. The fourth-order valence-corrected chi connectivity index (χ4v) is 2.31. The second-order valence-electron chi connectivity index (χ2n) is 5.31. The van der Waals surface area contributed by atoms with Crippen LogP contribution in [0.15, 0.2) is 67.1 Å². The molecule has 0 radical (unpaired) electrons. The first-order valence-corrected chi connectivity index (χ1v) is 7.49. The van der Waals surface area contributed by atoms with Crippen LogP contribution in [0.5, 0.6) is 0 Å². The van der Waals surface area contributed by atoms with E-state index in [9.17, 15) is 4.79 Å². The lowest BCUT2D eigenvalue weighted by Gasteiger charge is -2.15. The number of carbonyl (C=O) groups is 1. The van der Waals surface area contributed by atoms with Crippen molar-refractivity contribution in [1.29, 1.82) is 0 Å². The Morgan fingerprint density at radius 2 is 1.91 bits per heavy atom. The minimum Gasteiger partial charge on any atom is -0.341 e. The van der Waals surface area contributed by atoms with Crippen LogP contribution in [0.25, 0.3) is 5.69 Å². The Balaban J connectivity index is 1.65. The van der Waals surface area contributed by atoms with Crippen LogP contribution in [-0.4, -0.2) is 39.2 Å². The number of amides is 1. The van der Waals surface area contributed by atoms with Gasteiger partial charge >= 0.3 is 0 Å². The van der Waals surface area contributed by atoms with Gasteiger partial charge in [0.25, 0.3) is 5.91 Å². The molecule has 1 aromatic carbocycles. The Morgan fingerprint density at radius 1 is 1.13 bits per heavy atom. The number of likely N-dealkylation sites (N-methyl/N-ethyl adjacent to an activating group) is 1. The van der Waals surface area contributed by atoms with E-state index in [0.29, 0.717) is 12.1 Å². The second-order valence-corrected chi connectivity index (χ2v) is 5.31. The quantitative estimate of drug-likeness (QED) is 0.728. The average Bonchev–Trinajstić information content (AvgIpc) is 3.11. The van der Waals surface area contributed by atoms with Gasteiger partial charge in [0.2, 0.25) is 0 Å². The van der Waals surface area contributed by atoms with Crippen molar-refractivity contribution in [2.75, 3.05) is 13.6 Å². The molecule has 1 amide bonds. The van der Waals surface area contributed by atoms with E-state index >= 15 is 0 Å². The SMILES string of the molecule is CN(CCc1ccccn1)C(=O)c1cnn(-c2ccccc2)c1. The number of hydrogen-bond donors (Lipinski definition) is 0. The van der Waals surface area contributed by atoms with E-state index in [0.717, 1.165) is 17.8 Å². The van der Waals surface area contributed by atoms with Gasteiger partial charge in [0, 0.05) is 38.1 Å². The van der Waals surface area contributed by atoms with Gasteiger partial charge in [-0.25, -0.2) is 4.68 Å². The summed E-state index contributed by atoms with van der Waals surface area (Å²) in [6.45, 7) is 0.617. The molecule has 3 rings (SSSR count). The summed E-state index contributed by atoms with van der Waals surface area (Å²) in [6.07, 6.45) is 5.86. The molecule has 116 valence electrons. The van der Waals surface area contributed by atoms with E-state index in [1.165, 1.54) is 0 Å². The van der Waals surface area contributed by atoms with Crippen molar-refractivity contribution in [3.05, 3.63) is 78.4 Å². The van der Waals surface area contributed by atoms with E-state index in [2.05, 4.69) is 10.1 Å². The molecule has 0 bridgehead atoms. The molecule has 0 spiro atoms. The van der Waals surface area contributed by atoms with Crippen molar-refractivity contribution in [1.82, 2.24) is 19.7 Å². The highest BCUT2D eigenvalue weighted by Gasteiger charge is 2.14. The first kappa shape index (κ1) is 15.0. The lowest BCUT2D eigenvalue weighted by Crippen LogP contribution is -2.28. The van der Waals surface area contributed by atoms with E-state index in [-0.39, 0.29) is 5.91 Å². The number of carbonyl (C=O) groups excluding carboxylic acids is 1. The second kappa shape index (κ2) is 6.87. The monoisotopic (exact) mass is 306 g/mol. The van der Waals surface area contributed by atoms with Crippen molar-refractivity contribution in [3.8, 4) is 5.69 Å². The molecule has 0 saturated heterocycles. The van der Waals surface area contributed by atoms with Gasteiger partial charge in [-0.05, 0) is 24.3 Å². The van der Waals surface area contributed by atoms with Gasteiger partial charge in [0.15, 0.2) is 0 Å². The number of benzene rings is 1. The molecule has 0 aliphatic carbocycles. The van der Waals surface area contributed by atoms with Gasteiger partial charge in [0.1, 0.15) is 0 Å². The van der Waals surface area contributed by atoms with Crippen LogP contribution in [-0.2, 0) is 6.42 Å². The third-order valence-electron chi connectivity index (χ3n) is 3.63. The highest BCUT2D eigenvalue weighted by atomic mass is 16.2. The maximum Gasteiger partial charge on any atom is 0.256 e. The zero-order chi connectivity index (χ0) is 16.1.